The molecule has 0 radical (unpaired) electrons. The number of terminal acetylenes is 1. The van der Waals surface area contributed by atoms with Crippen molar-refractivity contribution >= 4 is 17.8 Å². The second-order valence-electron chi connectivity index (χ2n) is 10.6. The minimum absolute atomic E-state index is 0.0908. The first-order valence-electron chi connectivity index (χ1n) is 14.7. The van der Waals surface area contributed by atoms with Gasteiger partial charge in [0.25, 0.3) is 5.79 Å². The number of aliphatic hydroxyl groups is 4. The summed E-state index contributed by atoms with van der Waals surface area (Å²) < 4.78 is 21.4. The first-order valence-corrected chi connectivity index (χ1v) is 14.7. The molecule has 1 heterocycles. The van der Waals surface area contributed by atoms with Crippen molar-refractivity contribution in [1.82, 2.24) is 10.6 Å². The molecule has 1 aliphatic rings. The Hall–Kier alpha value is -4.11. The summed E-state index contributed by atoms with van der Waals surface area (Å²) in [7, 11) is 0. The molecular weight excluding hydrogens is 620 g/mol. The number of carbonyl (C=O) groups excluding carboxylic acids is 2. The predicted octanol–water partition coefficient (Wildman–Crippen LogP) is -1.47. The SMILES string of the molecule is C#CCOCCOCCO[C@]1(C(=O)O)C[C@H](O)[C@@H](NC(=O)CO)[C@H]([C@H](O)[C@H](O)CNC(=O)Cc2ccc(-c3ccccc3)cc2O)O1. The highest BCUT2D eigenvalue weighted by Crippen LogP contribution is 2.33. The molecule has 1 fully saturated rings. The van der Waals surface area contributed by atoms with E-state index < -0.39 is 73.6 Å². The van der Waals surface area contributed by atoms with Crippen molar-refractivity contribution in [3.8, 4) is 29.2 Å². The molecule has 3 rings (SSSR count). The molecule has 2 amide bonds. The maximum Gasteiger partial charge on any atom is 0.364 e. The highest BCUT2D eigenvalue weighted by molar-refractivity contribution is 5.80. The van der Waals surface area contributed by atoms with E-state index in [1.54, 1.807) is 12.1 Å². The quantitative estimate of drug-likeness (QED) is 0.0675. The Kier molecular flexibility index (Phi) is 14.5. The maximum atomic E-state index is 12.7. The number of amides is 2. The van der Waals surface area contributed by atoms with E-state index in [1.807, 2.05) is 30.3 Å². The highest BCUT2D eigenvalue weighted by Gasteiger charge is 2.55. The van der Waals surface area contributed by atoms with Gasteiger partial charge in [-0.15, -0.1) is 6.42 Å². The molecule has 0 bridgehead atoms. The summed E-state index contributed by atoms with van der Waals surface area (Å²) in [6, 6.07) is 12.6. The summed E-state index contributed by atoms with van der Waals surface area (Å²) in [6.07, 6.45) is -3.14. The molecule has 0 aliphatic carbocycles. The van der Waals surface area contributed by atoms with E-state index in [0.717, 1.165) is 11.1 Å². The Bertz CT molecular complexity index is 1370. The number of phenolic OH excluding ortho intramolecular Hbond substituents is 1. The number of aliphatic hydroxyl groups excluding tert-OH is 4. The third kappa shape index (κ3) is 10.7. The second-order valence-corrected chi connectivity index (χ2v) is 10.6. The monoisotopic (exact) mass is 660 g/mol. The summed E-state index contributed by atoms with van der Waals surface area (Å²) in [5, 5.41) is 67.0. The lowest BCUT2D eigenvalue weighted by molar-refractivity contribution is -0.312. The minimum Gasteiger partial charge on any atom is -0.508 e. The highest BCUT2D eigenvalue weighted by atomic mass is 16.7. The van der Waals surface area contributed by atoms with E-state index in [-0.39, 0.29) is 45.2 Å². The van der Waals surface area contributed by atoms with Crippen molar-refractivity contribution in [3.05, 3.63) is 54.1 Å². The smallest absolute Gasteiger partial charge is 0.364 e. The molecular formula is C32H40N2O13. The third-order valence-electron chi connectivity index (χ3n) is 7.27. The molecule has 1 aliphatic heterocycles. The number of aliphatic carboxylic acids is 1. The molecule has 0 spiro atoms. The number of carboxylic acid groups (broad SMARTS) is 1. The van der Waals surface area contributed by atoms with Gasteiger partial charge in [0.15, 0.2) is 0 Å². The van der Waals surface area contributed by atoms with Crippen molar-refractivity contribution in [2.75, 3.05) is 46.2 Å². The summed E-state index contributed by atoms with van der Waals surface area (Å²) in [4.78, 5) is 37.0. The number of phenols is 1. The van der Waals surface area contributed by atoms with E-state index in [2.05, 4.69) is 16.6 Å². The van der Waals surface area contributed by atoms with Crippen molar-refractivity contribution in [3.63, 3.8) is 0 Å². The van der Waals surface area contributed by atoms with Crippen LogP contribution < -0.4 is 10.6 Å². The van der Waals surface area contributed by atoms with Crippen LogP contribution in [0.1, 0.15) is 12.0 Å². The standard InChI is InChI=1S/C32H40N2O13/c1-2-10-44-11-12-45-13-14-46-32(31(42)43)17-24(37)28(34-27(40)19-35)30(47-32)29(41)25(38)18-33-26(39)16-22-9-8-21(15-23(22)36)20-6-4-3-5-7-20/h1,3-9,15,24-25,28-30,35-38,41H,10-14,16-19H2,(H,33,39)(H,34,40)(H,42,43)/t24-,25+,28+,29+,30+,32+/m0/s1. The Labute approximate surface area is 271 Å². The number of rotatable bonds is 18. The fourth-order valence-corrected chi connectivity index (χ4v) is 4.88. The molecule has 0 aromatic heterocycles. The largest absolute Gasteiger partial charge is 0.508 e. The number of carbonyl (C=O) groups is 3. The van der Waals surface area contributed by atoms with Gasteiger partial charge in [0.2, 0.25) is 11.8 Å². The van der Waals surface area contributed by atoms with Gasteiger partial charge >= 0.3 is 5.97 Å². The summed E-state index contributed by atoms with van der Waals surface area (Å²) in [5.41, 5.74) is 1.91. The average molecular weight is 661 g/mol. The van der Waals surface area contributed by atoms with Crippen molar-refractivity contribution in [2.45, 2.75) is 49.1 Å². The number of carboxylic acids is 1. The third-order valence-corrected chi connectivity index (χ3v) is 7.27. The van der Waals surface area contributed by atoms with Crippen LogP contribution in [0.5, 0.6) is 5.75 Å². The molecule has 6 atom stereocenters. The normalized spacial score (nSPS) is 22.1. The maximum absolute atomic E-state index is 12.7. The number of benzene rings is 2. The molecule has 1 saturated heterocycles. The van der Waals surface area contributed by atoms with E-state index in [1.165, 1.54) is 6.07 Å². The van der Waals surface area contributed by atoms with Crippen molar-refractivity contribution in [2.24, 2.45) is 0 Å². The molecule has 2 aromatic carbocycles. The van der Waals surface area contributed by atoms with Crippen LogP contribution in [0.3, 0.4) is 0 Å². The van der Waals surface area contributed by atoms with E-state index in [9.17, 15) is 45.0 Å². The van der Waals surface area contributed by atoms with Crippen LogP contribution in [-0.2, 0) is 39.8 Å². The topological polar surface area (TPSA) is 234 Å². The van der Waals surface area contributed by atoms with Crippen molar-refractivity contribution < 1.29 is 64.0 Å². The lowest BCUT2D eigenvalue weighted by Crippen LogP contribution is -2.68. The molecule has 8 N–H and O–H groups in total. The Balaban J connectivity index is 1.65. The van der Waals surface area contributed by atoms with Crippen LogP contribution in [0.15, 0.2) is 48.5 Å². The summed E-state index contributed by atoms with van der Waals surface area (Å²) >= 11 is 0. The summed E-state index contributed by atoms with van der Waals surface area (Å²) in [6.45, 7) is -1.59. The number of hydrogen-bond acceptors (Lipinski definition) is 12. The van der Waals surface area contributed by atoms with Gasteiger partial charge in [-0.3, -0.25) is 9.59 Å². The van der Waals surface area contributed by atoms with Gasteiger partial charge in [0.05, 0.1) is 51.1 Å². The number of hydrogen-bond donors (Lipinski definition) is 8. The van der Waals surface area contributed by atoms with Crippen LogP contribution >= 0.6 is 0 Å². The van der Waals surface area contributed by atoms with Gasteiger partial charge in [0.1, 0.15) is 31.2 Å². The Morgan fingerprint density at radius 2 is 1.72 bits per heavy atom. The predicted molar refractivity (Wildman–Crippen MR) is 164 cm³/mol. The van der Waals surface area contributed by atoms with Crippen LogP contribution in [0.25, 0.3) is 11.1 Å². The van der Waals surface area contributed by atoms with Gasteiger partial charge < -0.3 is 60.2 Å². The Morgan fingerprint density at radius 3 is 2.38 bits per heavy atom. The molecule has 47 heavy (non-hydrogen) atoms. The zero-order valence-electron chi connectivity index (χ0n) is 25.5. The lowest BCUT2D eigenvalue weighted by atomic mass is 9.88. The average Bonchev–Trinajstić information content (AvgIpc) is 3.06. The molecule has 2 aromatic rings. The van der Waals surface area contributed by atoms with E-state index >= 15 is 0 Å². The number of aromatic hydroxyl groups is 1. The molecule has 0 saturated carbocycles. The molecule has 15 nitrogen and oxygen atoms in total. The van der Waals surface area contributed by atoms with Crippen LogP contribution in [0.2, 0.25) is 0 Å². The van der Waals surface area contributed by atoms with Gasteiger partial charge in [0, 0.05) is 18.5 Å². The minimum atomic E-state index is -2.53. The fraction of sp³-hybridized carbons (Fsp3) is 0.469. The molecule has 15 heteroatoms. The van der Waals surface area contributed by atoms with E-state index in [0.29, 0.717) is 5.56 Å². The zero-order valence-corrected chi connectivity index (χ0v) is 25.5. The fourth-order valence-electron chi connectivity index (χ4n) is 4.88. The van der Waals surface area contributed by atoms with Crippen LogP contribution in [0.4, 0.5) is 0 Å². The summed E-state index contributed by atoms with van der Waals surface area (Å²) in [5.74, 6) is -3.62. The van der Waals surface area contributed by atoms with Crippen molar-refractivity contribution in [1.29, 1.82) is 0 Å². The van der Waals surface area contributed by atoms with E-state index in [4.69, 9.17) is 25.4 Å². The van der Waals surface area contributed by atoms with Crippen LogP contribution in [-0.4, -0.2) is 131 Å². The van der Waals surface area contributed by atoms with Gasteiger partial charge in [-0.2, -0.15) is 0 Å². The number of ether oxygens (including phenoxy) is 4. The van der Waals surface area contributed by atoms with Gasteiger partial charge in [-0.25, -0.2) is 4.79 Å². The Morgan fingerprint density at radius 1 is 1.02 bits per heavy atom. The molecule has 256 valence electrons. The molecule has 0 unspecified atom stereocenters. The first-order chi connectivity index (χ1) is 22.5. The van der Waals surface area contributed by atoms with Gasteiger partial charge in [-0.1, -0.05) is 48.4 Å². The lowest BCUT2D eigenvalue weighted by Gasteiger charge is -2.46. The second kappa shape index (κ2) is 18.3. The van der Waals surface area contributed by atoms with Gasteiger partial charge in [-0.05, 0) is 17.2 Å². The van der Waals surface area contributed by atoms with Crippen LogP contribution in [0, 0.1) is 12.3 Å². The number of nitrogens with one attached hydrogen (secondary N) is 2. The zero-order chi connectivity index (χ0) is 34.4. The first kappa shape index (κ1) is 37.3.